The van der Waals surface area contributed by atoms with Crippen LogP contribution < -0.4 is 15.1 Å². The normalized spacial score (nSPS) is 26.6. The van der Waals surface area contributed by atoms with Crippen LogP contribution in [0.2, 0.25) is 15.1 Å². The number of hydrazine groups is 1. The summed E-state index contributed by atoms with van der Waals surface area (Å²) in [6.07, 6.45) is 2.36. The smallest absolute Gasteiger partial charge is 0.260 e. The molecule has 1 saturated carbocycles. The standard InChI is InChI=1S/C40H32Cl3N3O6/c1-20-3-9-24(18-31(20)42)45-36(48)28-15-14-27-29(34(28)38(45)50)19-30-37(49)46(44-33-16-8-23(41)17-32(33)43)39(51)40(30,22-6-12-26(52-2)13-7-22)35(27)21-4-10-25(47)11-5-21/h3-14,16-18,28-30,34-35,44,47H,15,19H2,1-2H3/t28-,29+,30-,34-,35-,40+/m0/s1. The lowest BCUT2D eigenvalue weighted by Crippen LogP contribution is -2.53. The van der Waals surface area contributed by atoms with Crippen molar-refractivity contribution >= 4 is 69.8 Å². The van der Waals surface area contributed by atoms with E-state index in [1.165, 1.54) is 11.0 Å². The third kappa shape index (κ3) is 5.04. The Bertz CT molecular complexity index is 2210. The molecule has 6 atom stereocenters. The summed E-state index contributed by atoms with van der Waals surface area (Å²) in [6.45, 7) is 1.84. The van der Waals surface area contributed by atoms with Gasteiger partial charge < -0.3 is 9.84 Å². The second-order valence-electron chi connectivity index (χ2n) is 13.7. The van der Waals surface area contributed by atoms with Crippen molar-refractivity contribution in [1.82, 2.24) is 5.01 Å². The first-order chi connectivity index (χ1) is 24.9. The number of rotatable bonds is 6. The van der Waals surface area contributed by atoms with Crippen molar-refractivity contribution in [2.45, 2.75) is 31.1 Å². The van der Waals surface area contributed by atoms with E-state index in [0.29, 0.717) is 38.3 Å². The largest absolute Gasteiger partial charge is 0.508 e. The third-order valence-electron chi connectivity index (χ3n) is 11.2. The predicted molar refractivity (Wildman–Crippen MR) is 197 cm³/mol. The van der Waals surface area contributed by atoms with Crippen LogP contribution in [0.25, 0.3) is 0 Å². The lowest BCUT2D eigenvalue weighted by atomic mass is 9.49. The van der Waals surface area contributed by atoms with Gasteiger partial charge in [0.05, 0.1) is 46.7 Å². The highest BCUT2D eigenvalue weighted by molar-refractivity contribution is 6.36. The number of fused-ring (bicyclic) bond motifs is 4. The monoisotopic (exact) mass is 755 g/mol. The maximum Gasteiger partial charge on any atom is 0.260 e. The summed E-state index contributed by atoms with van der Waals surface area (Å²) in [5.74, 6) is -4.86. The van der Waals surface area contributed by atoms with Crippen LogP contribution in [0.5, 0.6) is 11.5 Å². The molecular formula is C40H32Cl3N3O6. The number of anilines is 2. The number of nitrogens with one attached hydrogen (secondary N) is 1. The Kier molecular flexibility index (Phi) is 8.36. The van der Waals surface area contributed by atoms with Crippen LogP contribution in [0.3, 0.4) is 0 Å². The molecule has 12 heteroatoms. The number of nitrogens with zero attached hydrogens (tertiary/aromatic N) is 2. The fourth-order valence-corrected chi connectivity index (χ4v) is 9.49. The molecule has 4 aromatic carbocycles. The quantitative estimate of drug-likeness (QED) is 0.152. The molecule has 0 spiro atoms. The lowest BCUT2D eigenvalue weighted by molar-refractivity contribution is -0.138. The van der Waals surface area contributed by atoms with Gasteiger partial charge in [0.2, 0.25) is 11.8 Å². The second kappa shape index (κ2) is 12.7. The number of benzene rings is 4. The average Bonchev–Trinajstić information content (AvgIpc) is 3.51. The minimum Gasteiger partial charge on any atom is -0.508 e. The maximum atomic E-state index is 15.3. The minimum atomic E-state index is -1.50. The molecule has 0 bridgehead atoms. The molecule has 0 unspecified atom stereocenters. The van der Waals surface area contributed by atoms with Crippen molar-refractivity contribution in [2.24, 2.45) is 23.7 Å². The van der Waals surface area contributed by atoms with Crippen LogP contribution >= 0.6 is 34.8 Å². The Hall–Kier alpha value is -4.83. The van der Waals surface area contributed by atoms with Gasteiger partial charge in [-0.25, -0.2) is 4.90 Å². The highest BCUT2D eigenvalue weighted by atomic mass is 35.5. The van der Waals surface area contributed by atoms with Crippen molar-refractivity contribution in [3.63, 3.8) is 0 Å². The lowest BCUT2D eigenvalue weighted by Gasteiger charge is -2.50. The van der Waals surface area contributed by atoms with Gasteiger partial charge in [-0.15, -0.1) is 0 Å². The molecule has 4 aliphatic rings. The van der Waals surface area contributed by atoms with Crippen molar-refractivity contribution in [3.05, 3.63) is 128 Å². The van der Waals surface area contributed by atoms with Gasteiger partial charge in [-0.1, -0.05) is 76.8 Å². The summed E-state index contributed by atoms with van der Waals surface area (Å²) < 4.78 is 5.46. The molecule has 4 amide bonds. The summed E-state index contributed by atoms with van der Waals surface area (Å²) in [4.78, 5) is 59.9. The van der Waals surface area contributed by atoms with Gasteiger partial charge in [0.25, 0.3) is 11.8 Å². The van der Waals surface area contributed by atoms with Gasteiger partial charge in [-0.2, -0.15) is 5.01 Å². The van der Waals surface area contributed by atoms with Crippen LogP contribution in [-0.4, -0.2) is 40.9 Å². The zero-order valence-corrected chi connectivity index (χ0v) is 30.2. The number of allylic oxidation sites excluding steroid dienone is 2. The van der Waals surface area contributed by atoms with Crippen molar-refractivity contribution < 1.29 is 29.0 Å². The van der Waals surface area contributed by atoms with Crippen molar-refractivity contribution in [2.75, 3.05) is 17.4 Å². The van der Waals surface area contributed by atoms with Gasteiger partial charge in [-0.3, -0.25) is 24.6 Å². The van der Waals surface area contributed by atoms with E-state index in [1.807, 2.05) is 13.0 Å². The SMILES string of the molecule is COc1ccc([C@@]23C(=O)N(Nc4ccc(Cl)cc4Cl)C(=O)[C@@H]2C[C@@H]2C(=CC[C@@H]4C(=O)N(c5ccc(C)c(Cl)c5)C(=O)[C@@H]42)[C@@H]3c2ccc(O)cc2)cc1. The summed E-state index contributed by atoms with van der Waals surface area (Å²) in [7, 11) is 1.54. The minimum absolute atomic E-state index is 0.0299. The van der Waals surface area contributed by atoms with Crippen molar-refractivity contribution in [1.29, 1.82) is 0 Å². The molecular weight excluding hydrogens is 725 g/mol. The molecule has 8 rings (SSSR count). The third-order valence-corrected chi connectivity index (χ3v) is 12.2. The number of imide groups is 2. The number of hydrogen-bond donors (Lipinski definition) is 2. The fraction of sp³-hybridized carbons (Fsp3) is 0.250. The molecule has 2 aliphatic carbocycles. The second-order valence-corrected chi connectivity index (χ2v) is 15.0. The topological polar surface area (TPSA) is 116 Å². The molecule has 2 heterocycles. The zero-order valence-electron chi connectivity index (χ0n) is 28.0. The zero-order chi connectivity index (χ0) is 36.6. The molecule has 4 aromatic rings. The summed E-state index contributed by atoms with van der Waals surface area (Å²) in [5, 5.41) is 12.4. The number of phenolic OH excluding ortho intramolecular Hbond substituents is 1. The molecule has 2 N–H and O–H groups in total. The van der Waals surface area contributed by atoms with Crippen molar-refractivity contribution in [3.8, 4) is 11.5 Å². The Balaban J connectivity index is 1.31. The highest BCUT2D eigenvalue weighted by Gasteiger charge is 2.70. The van der Waals surface area contributed by atoms with E-state index in [-0.39, 0.29) is 35.4 Å². The number of aromatic hydroxyl groups is 1. The van der Waals surface area contributed by atoms with Gasteiger partial charge in [0.1, 0.15) is 11.5 Å². The van der Waals surface area contributed by atoms with Crippen LogP contribution in [0.1, 0.15) is 35.4 Å². The first-order valence-electron chi connectivity index (χ1n) is 16.8. The van der Waals surface area contributed by atoms with E-state index in [9.17, 15) is 19.5 Å². The van der Waals surface area contributed by atoms with Gasteiger partial charge in [0, 0.05) is 16.0 Å². The molecule has 2 saturated heterocycles. The molecule has 0 radical (unpaired) electrons. The molecule has 2 aliphatic heterocycles. The number of halogens is 3. The average molecular weight is 757 g/mol. The molecule has 9 nitrogen and oxygen atoms in total. The molecule has 52 heavy (non-hydrogen) atoms. The van der Waals surface area contributed by atoms with E-state index in [2.05, 4.69) is 5.43 Å². The van der Waals surface area contributed by atoms with E-state index >= 15 is 4.79 Å². The van der Waals surface area contributed by atoms with E-state index in [4.69, 9.17) is 39.5 Å². The summed E-state index contributed by atoms with van der Waals surface area (Å²) >= 11 is 19.1. The Morgan fingerprint density at radius 1 is 0.827 bits per heavy atom. The number of carbonyl (C=O) groups is 4. The summed E-state index contributed by atoms with van der Waals surface area (Å²) in [6, 6.07) is 23.5. The number of ether oxygens (including phenoxy) is 1. The maximum absolute atomic E-state index is 15.3. The first kappa shape index (κ1) is 34.3. The Morgan fingerprint density at radius 2 is 1.56 bits per heavy atom. The number of aryl methyl sites for hydroxylation is 1. The van der Waals surface area contributed by atoms with Gasteiger partial charge in [0.15, 0.2) is 0 Å². The van der Waals surface area contributed by atoms with E-state index in [1.54, 1.807) is 86.0 Å². The summed E-state index contributed by atoms with van der Waals surface area (Å²) in [5.41, 5.74) is 5.03. The van der Waals surface area contributed by atoms with Gasteiger partial charge in [-0.05, 0) is 97.0 Å². The highest BCUT2D eigenvalue weighted by Crippen LogP contribution is 2.64. The Labute approximate surface area is 314 Å². The fourth-order valence-electron chi connectivity index (χ4n) is 8.86. The van der Waals surface area contributed by atoms with Crippen LogP contribution in [0.4, 0.5) is 11.4 Å². The molecule has 3 fully saturated rings. The molecule has 264 valence electrons. The molecule has 0 aromatic heterocycles. The number of phenols is 1. The van der Waals surface area contributed by atoms with Gasteiger partial charge >= 0.3 is 0 Å². The number of methoxy groups -OCH3 is 1. The predicted octanol–water partition coefficient (Wildman–Crippen LogP) is 7.86. The van der Waals surface area contributed by atoms with E-state index < -0.39 is 46.8 Å². The van der Waals surface area contributed by atoms with Crippen LogP contribution in [0, 0.1) is 30.6 Å². The number of hydrogen-bond acceptors (Lipinski definition) is 7. The first-order valence-corrected chi connectivity index (χ1v) is 18.0. The van der Waals surface area contributed by atoms with Crippen LogP contribution in [-0.2, 0) is 24.6 Å². The van der Waals surface area contributed by atoms with E-state index in [0.717, 1.165) is 16.1 Å². The Morgan fingerprint density at radius 3 is 2.23 bits per heavy atom. The van der Waals surface area contributed by atoms with Crippen LogP contribution in [0.15, 0.2) is 96.6 Å². The number of amides is 4. The number of carbonyl (C=O) groups excluding carboxylic acids is 4.